The van der Waals surface area contributed by atoms with Gasteiger partial charge in [-0.2, -0.15) is 15.8 Å². The van der Waals surface area contributed by atoms with E-state index >= 15 is 0 Å². The summed E-state index contributed by atoms with van der Waals surface area (Å²) in [5, 5.41) is 34.0. The molecule has 0 radical (unpaired) electrons. The van der Waals surface area contributed by atoms with E-state index in [0.29, 0.717) is 16.7 Å². The van der Waals surface area contributed by atoms with Crippen LogP contribution in [0.4, 0.5) is 0 Å². The molecule has 51 heavy (non-hydrogen) atoms. The van der Waals surface area contributed by atoms with Gasteiger partial charge in [0.25, 0.3) is 0 Å². The molecule has 0 amide bonds. The lowest BCUT2D eigenvalue weighted by atomic mass is 9.85. The highest BCUT2D eigenvalue weighted by atomic mass is 15.0. The Labute approximate surface area is 295 Å². The average Bonchev–Trinajstić information content (AvgIpc) is 3.56. The molecule has 0 fully saturated rings. The predicted octanol–water partition coefficient (Wildman–Crippen LogP) is 10.7. The van der Waals surface area contributed by atoms with E-state index in [4.69, 9.17) is 0 Å². The zero-order valence-corrected chi connectivity index (χ0v) is 27.6. The van der Waals surface area contributed by atoms with E-state index in [1.807, 2.05) is 48.5 Å². The minimum absolute atomic E-state index is 0.557. The SMILES string of the molecule is N#Cc1ccc2c(c1)c1ccccc1n2-c1c(C#N)cccc1C1=CCCC=C1c1ccc(-n2c3c(c4ccccc42)C=CC=CC3)c(C#N)c1. The molecule has 2 aliphatic carbocycles. The number of rotatable bonds is 4. The fraction of sp³-hybridized carbons (Fsp3) is 0.0652. The van der Waals surface area contributed by atoms with Crippen molar-refractivity contribution in [2.45, 2.75) is 19.3 Å². The molecule has 0 N–H and O–H groups in total. The first-order valence-corrected chi connectivity index (χ1v) is 17.1. The smallest absolute Gasteiger partial charge is 0.101 e. The summed E-state index contributed by atoms with van der Waals surface area (Å²) in [7, 11) is 0. The number of benzene rings is 5. The Morgan fingerprint density at radius 2 is 1.31 bits per heavy atom. The highest BCUT2D eigenvalue weighted by Gasteiger charge is 2.24. The van der Waals surface area contributed by atoms with E-state index in [0.717, 1.165) is 85.9 Å². The van der Waals surface area contributed by atoms with E-state index < -0.39 is 0 Å². The van der Waals surface area contributed by atoms with Gasteiger partial charge in [-0.05, 0) is 78.1 Å². The lowest BCUT2D eigenvalue weighted by Crippen LogP contribution is -2.06. The molecule has 0 spiro atoms. The molecule has 9 rings (SSSR count). The summed E-state index contributed by atoms with van der Waals surface area (Å²) in [6.07, 6.45) is 15.5. The first-order valence-electron chi connectivity index (χ1n) is 17.1. The fourth-order valence-corrected chi connectivity index (χ4v) is 7.96. The molecule has 2 aliphatic rings. The van der Waals surface area contributed by atoms with Gasteiger partial charge in [-0.1, -0.05) is 91.1 Å². The Balaban J connectivity index is 1.23. The standard InChI is InChI=1S/C46H29N5/c47-27-30-21-23-45-40(25-30)38-16-7-9-20-44(38)51(45)46-32(28-48)11-10-17-39(46)35-13-5-4-12-34(35)31-22-24-41(33(26-31)29-49)50-42-18-3-1-2-14-36(42)37-15-6-8-19-43(37)50/h1-3,6-17,19-26H,4-5,18H2. The van der Waals surface area contributed by atoms with Gasteiger partial charge in [0.05, 0.1) is 50.7 Å². The van der Waals surface area contributed by atoms with Crippen LogP contribution >= 0.6 is 0 Å². The molecule has 5 heteroatoms. The molecule has 2 heterocycles. The maximum Gasteiger partial charge on any atom is 0.101 e. The number of hydrogen-bond donors (Lipinski definition) is 0. The minimum atomic E-state index is 0.557. The van der Waals surface area contributed by atoms with Gasteiger partial charge in [0.15, 0.2) is 0 Å². The fourth-order valence-electron chi connectivity index (χ4n) is 7.96. The summed E-state index contributed by atoms with van der Waals surface area (Å²) in [5.41, 5.74) is 12.7. The van der Waals surface area contributed by atoms with Crippen molar-refractivity contribution in [2.75, 3.05) is 0 Å². The number of allylic oxidation sites excluding steroid dienone is 7. The third-order valence-electron chi connectivity index (χ3n) is 10.1. The molecule has 0 saturated carbocycles. The summed E-state index contributed by atoms with van der Waals surface area (Å²) in [6.45, 7) is 0. The van der Waals surface area contributed by atoms with Crippen LogP contribution in [-0.4, -0.2) is 9.13 Å². The van der Waals surface area contributed by atoms with Gasteiger partial charge >= 0.3 is 0 Å². The molecule has 0 atom stereocenters. The van der Waals surface area contributed by atoms with Crippen molar-refractivity contribution in [3.8, 4) is 29.6 Å². The van der Waals surface area contributed by atoms with Gasteiger partial charge in [0, 0.05) is 39.4 Å². The Morgan fingerprint density at radius 1 is 0.569 bits per heavy atom. The first-order chi connectivity index (χ1) is 25.2. The largest absolute Gasteiger partial charge is 0.311 e. The van der Waals surface area contributed by atoms with E-state index in [1.165, 1.54) is 10.9 Å². The van der Waals surface area contributed by atoms with Gasteiger partial charge in [-0.3, -0.25) is 0 Å². The second-order valence-electron chi connectivity index (χ2n) is 12.9. The molecule has 238 valence electrons. The Morgan fingerprint density at radius 3 is 2.12 bits per heavy atom. The van der Waals surface area contributed by atoms with Crippen molar-refractivity contribution in [3.63, 3.8) is 0 Å². The molecule has 5 aromatic carbocycles. The van der Waals surface area contributed by atoms with Crippen LogP contribution in [0.5, 0.6) is 0 Å². The third-order valence-corrected chi connectivity index (χ3v) is 10.1. The van der Waals surface area contributed by atoms with Crippen molar-refractivity contribution in [2.24, 2.45) is 0 Å². The maximum absolute atomic E-state index is 10.6. The van der Waals surface area contributed by atoms with Crippen molar-refractivity contribution < 1.29 is 0 Å². The van der Waals surface area contributed by atoms with Crippen LogP contribution in [0.3, 0.4) is 0 Å². The molecular formula is C46H29N5. The van der Waals surface area contributed by atoms with Crippen LogP contribution in [0.2, 0.25) is 0 Å². The van der Waals surface area contributed by atoms with E-state index in [1.54, 1.807) is 0 Å². The molecule has 0 saturated heterocycles. The van der Waals surface area contributed by atoms with Crippen molar-refractivity contribution in [3.05, 3.63) is 173 Å². The predicted molar refractivity (Wildman–Crippen MR) is 205 cm³/mol. The van der Waals surface area contributed by atoms with Gasteiger partial charge in [0.1, 0.15) is 12.1 Å². The van der Waals surface area contributed by atoms with Crippen LogP contribution in [0, 0.1) is 34.0 Å². The Hall–Kier alpha value is -7.13. The van der Waals surface area contributed by atoms with Crippen molar-refractivity contribution in [1.29, 1.82) is 15.8 Å². The lowest BCUT2D eigenvalue weighted by Gasteiger charge is -2.23. The van der Waals surface area contributed by atoms with Crippen LogP contribution in [0.15, 0.2) is 134 Å². The van der Waals surface area contributed by atoms with Crippen LogP contribution < -0.4 is 0 Å². The van der Waals surface area contributed by atoms with Gasteiger partial charge in [-0.25, -0.2) is 0 Å². The molecule has 7 aromatic rings. The highest BCUT2D eigenvalue weighted by Crippen LogP contribution is 2.43. The number of nitrogens with zero attached hydrogens (tertiary/aromatic N) is 5. The molecule has 0 unspecified atom stereocenters. The second kappa shape index (κ2) is 12.1. The number of fused-ring (bicyclic) bond motifs is 6. The molecular weight excluding hydrogens is 623 g/mol. The zero-order chi connectivity index (χ0) is 34.5. The van der Waals surface area contributed by atoms with Crippen LogP contribution in [0.1, 0.15) is 51.9 Å². The number of nitriles is 3. The second-order valence-corrected chi connectivity index (χ2v) is 12.9. The Kier molecular flexibility index (Phi) is 7.10. The number of para-hydroxylation sites is 3. The molecule has 5 nitrogen and oxygen atoms in total. The normalized spacial score (nSPS) is 13.7. The third kappa shape index (κ3) is 4.67. The van der Waals surface area contributed by atoms with Gasteiger partial charge in [-0.15, -0.1) is 0 Å². The zero-order valence-electron chi connectivity index (χ0n) is 27.6. The highest BCUT2D eigenvalue weighted by molar-refractivity contribution is 6.12. The molecule has 2 aromatic heterocycles. The summed E-state index contributed by atoms with van der Waals surface area (Å²) in [5.74, 6) is 0. The number of aromatic nitrogens is 2. The minimum Gasteiger partial charge on any atom is -0.311 e. The Bertz CT molecular complexity index is 2860. The van der Waals surface area contributed by atoms with Crippen LogP contribution in [0.25, 0.3) is 61.3 Å². The van der Waals surface area contributed by atoms with Crippen molar-refractivity contribution >= 4 is 49.9 Å². The summed E-state index contributed by atoms with van der Waals surface area (Å²) < 4.78 is 4.41. The van der Waals surface area contributed by atoms with E-state index in [9.17, 15) is 15.8 Å². The molecule has 0 bridgehead atoms. The quantitative estimate of drug-likeness (QED) is 0.190. The summed E-state index contributed by atoms with van der Waals surface area (Å²) in [4.78, 5) is 0. The van der Waals surface area contributed by atoms with Gasteiger partial charge < -0.3 is 9.13 Å². The summed E-state index contributed by atoms with van der Waals surface area (Å²) >= 11 is 0. The first kappa shape index (κ1) is 30.0. The van der Waals surface area contributed by atoms with Crippen LogP contribution in [-0.2, 0) is 6.42 Å². The van der Waals surface area contributed by atoms with Gasteiger partial charge in [0.2, 0.25) is 0 Å². The average molecular weight is 652 g/mol. The summed E-state index contributed by atoms with van der Waals surface area (Å²) in [6, 6.07) is 41.7. The lowest BCUT2D eigenvalue weighted by molar-refractivity contribution is 0.997. The maximum atomic E-state index is 10.6. The molecule has 0 aliphatic heterocycles. The van der Waals surface area contributed by atoms with E-state index in [2.05, 4.69) is 118 Å². The van der Waals surface area contributed by atoms with E-state index in [-0.39, 0.29) is 0 Å². The number of hydrogen-bond acceptors (Lipinski definition) is 3. The monoisotopic (exact) mass is 651 g/mol. The topological polar surface area (TPSA) is 81.2 Å². The van der Waals surface area contributed by atoms with Crippen molar-refractivity contribution in [1.82, 2.24) is 9.13 Å².